The Balaban J connectivity index is 2.88. The number of benzene rings is 1. The van der Waals surface area contributed by atoms with Crippen LogP contribution in [-0.4, -0.2) is 9.97 Å². The van der Waals surface area contributed by atoms with Gasteiger partial charge >= 0.3 is 0 Å². The number of anilines is 1. The van der Waals surface area contributed by atoms with E-state index in [1.165, 1.54) is 0 Å². The summed E-state index contributed by atoms with van der Waals surface area (Å²) < 4.78 is 0. The molecular weight excluding hydrogens is 186 g/mol. The van der Waals surface area contributed by atoms with Crippen LogP contribution in [0.5, 0.6) is 0 Å². The average Bonchev–Trinajstić information content (AvgIpc) is 2.19. The quantitative estimate of drug-likeness (QED) is 0.767. The van der Waals surface area contributed by atoms with Gasteiger partial charge in [-0.1, -0.05) is 24.3 Å². The molecule has 0 aliphatic rings. The highest BCUT2D eigenvalue weighted by Crippen LogP contribution is 2.25. The Morgan fingerprint density at radius 1 is 1.40 bits per heavy atom. The number of nitrogen functional groups attached to an aromatic ring is 1. The standard InChI is InChI=1S/C12H13N3/c1-7(2)9-5-4-8(3)11-10(9)6-14-12(13)15-11/h4-6H,1H2,2-3H3,(H2,13,14,15). The molecule has 0 atom stereocenters. The van der Waals surface area contributed by atoms with Crippen LogP contribution in [0.4, 0.5) is 5.95 Å². The third kappa shape index (κ3) is 1.56. The zero-order chi connectivity index (χ0) is 11.0. The fourth-order valence-electron chi connectivity index (χ4n) is 1.64. The van der Waals surface area contributed by atoms with Crippen molar-refractivity contribution in [3.05, 3.63) is 36.0 Å². The molecular formula is C12H13N3. The molecule has 1 aromatic carbocycles. The van der Waals surface area contributed by atoms with Crippen LogP contribution < -0.4 is 5.73 Å². The third-order valence-corrected chi connectivity index (χ3v) is 2.43. The minimum Gasteiger partial charge on any atom is -0.368 e. The highest BCUT2D eigenvalue weighted by Gasteiger charge is 2.06. The monoisotopic (exact) mass is 199 g/mol. The van der Waals surface area contributed by atoms with E-state index in [1.54, 1.807) is 6.20 Å². The lowest BCUT2D eigenvalue weighted by atomic mass is 10.0. The first-order valence-corrected chi connectivity index (χ1v) is 4.77. The van der Waals surface area contributed by atoms with Crippen molar-refractivity contribution in [3.63, 3.8) is 0 Å². The molecule has 15 heavy (non-hydrogen) atoms. The van der Waals surface area contributed by atoms with E-state index in [9.17, 15) is 0 Å². The smallest absolute Gasteiger partial charge is 0.220 e. The maximum absolute atomic E-state index is 5.57. The molecule has 0 amide bonds. The van der Waals surface area contributed by atoms with E-state index in [0.717, 1.165) is 27.6 Å². The molecule has 2 rings (SSSR count). The van der Waals surface area contributed by atoms with Gasteiger partial charge in [0.1, 0.15) is 0 Å². The van der Waals surface area contributed by atoms with Crippen LogP contribution >= 0.6 is 0 Å². The van der Waals surface area contributed by atoms with E-state index in [4.69, 9.17) is 5.73 Å². The molecule has 0 aliphatic heterocycles. The zero-order valence-corrected chi connectivity index (χ0v) is 8.91. The van der Waals surface area contributed by atoms with E-state index < -0.39 is 0 Å². The number of aryl methyl sites for hydroxylation is 1. The lowest BCUT2D eigenvalue weighted by Gasteiger charge is -2.07. The molecule has 3 nitrogen and oxygen atoms in total. The molecule has 0 unspecified atom stereocenters. The second-order valence-electron chi connectivity index (χ2n) is 3.70. The average molecular weight is 199 g/mol. The molecule has 3 heteroatoms. The van der Waals surface area contributed by atoms with Gasteiger partial charge in [0.2, 0.25) is 5.95 Å². The van der Waals surface area contributed by atoms with Gasteiger partial charge in [-0.3, -0.25) is 0 Å². The second kappa shape index (κ2) is 3.35. The number of hydrogen-bond donors (Lipinski definition) is 1. The van der Waals surface area contributed by atoms with Crippen LogP contribution in [0.25, 0.3) is 16.5 Å². The Bertz CT molecular complexity index is 544. The van der Waals surface area contributed by atoms with Crippen molar-refractivity contribution >= 4 is 22.4 Å². The summed E-state index contributed by atoms with van der Waals surface area (Å²) in [6.07, 6.45) is 1.76. The van der Waals surface area contributed by atoms with Crippen molar-refractivity contribution in [2.75, 3.05) is 5.73 Å². The topological polar surface area (TPSA) is 51.8 Å². The summed E-state index contributed by atoms with van der Waals surface area (Å²) in [6.45, 7) is 7.92. The van der Waals surface area contributed by atoms with E-state index in [2.05, 4.69) is 16.5 Å². The van der Waals surface area contributed by atoms with Gasteiger partial charge in [-0.05, 0) is 25.0 Å². The molecule has 0 fully saturated rings. The number of nitrogens with two attached hydrogens (primary N) is 1. The first-order valence-electron chi connectivity index (χ1n) is 4.77. The van der Waals surface area contributed by atoms with E-state index in [-0.39, 0.29) is 0 Å². The molecule has 0 saturated heterocycles. The number of rotatable bonds is 1. The molecule has 1 aromatic heterocycles. The normalized spacial score (nSPS) is 10.5. The Morgan fingerprint density at radius 3 is 2.80 bits per heavy atom. The van der Waals surface area contributed by atoms with Gasteiger partial charge in [-0.15, -0.1) is 0 Å². The molecule has 1 heterocycles. The van der Waals surface area contributed by atoms with Gasteiger partial charge in [-0.25, -0.2) is 9.97 Å². The second-order valence-corrected chi connectivity index (χ2v) is 3.70. The zero-order valence-electron chi connectivity index (χ0n) is 8.91. The molecule has 0 bridgehead atoms. The highest BCUT2D eigenvalue weighted by molar-refractivity contribution is 5.92. The van der Waals surface area contributed by atoms with E-state index in [0.29, 0.717) is 5.95 Å². The molecule has 0 aliphatic carbocycles. The molecule has 2 N–H and O–H groups in total. The number of hydrogen-bond acceptors (Lipinski definition) is 3. The summed E-state index contributed by atoms with van der Waals surface area (Å²) in [6, 6.07) is 4.07. The number of nitrogens with zero attached hydrogens (tertiary/aromatic N) is 2. The van der Waals surface area contributed by atoms with Crippen LogP contribution in [0.1, 0.15) is 18.1 Å². The van der Waals surface area contributed by atoms with Gasteiger partial charge in [-0.2, -0.15) is 0 Å². The molecule has 0 spiro atoms. The summed E-state index contributed by atoms with van der Waals surface area (Å²) in [5.74, 6) is 0.310. The van der Waals surface area contributed by atoms with Crippen LogP contribution in [0.15, 0.2) is 24.9 Å². The van der Waals surface area contributed by atoms with Crippen molar-refractivity contribution in [1.29, 1.82) is 0 Å². The lowest BCUT2D eigenvalue weighted by molar-refractivity contribution is 1.22. The highest BCUT2D eigenvalue weighted by atomic mass is 15.0. The summed E-state index contributed by atoms with van der Waals surface area (Å²) in [7, 11) is 0. The summed E-state index contributed by atoms with van der Waals surface area (Å²) in [4.78, 5) is 8.26. The van der Waals surface area contributed by atoms with Crippen LogP contribution in [-0.2, 0) is 0 Å². The predicted octanol–water partition coefficient (Wildman–Crippen LogP) is 2.55. The van der Waals surface area contributed by atoms with E-state index in [1.807, 2.05) is 26.0 Å². The molecule has 2 aromatic rings. The maximum atomic E-state index is 5.57. The summed E-state index contributed by atoms with van der Waals surface area (Å²) in [5, 5.41) is 1.01. The van der Waals surface area contributed by atoms with Crippen LogP contribution in [0.2, 0.25) is 0 Å². The van der Waals surface area contributed by atoms with Gasteiger partial charge in [0, 0.05) is 11.6 Å². The molecule has 0 radical (unpaired) electrons. The van der Waals surface area contributed by atoms with E-state index >= 15 is 0 Å². The van der Waals surface area contributed by atoms with Crippen molar-refractivity contribution < 1.29 is 0 Å². The van der Waals surface area contributed by atoms with Crippen molar-refractivity contribution in [2.45, 2.75) is 13.8 Å². The number of allylic oxidation sites excluding steroid dienone is 1. The van der Waals surface area contributed by atoms with Gasteiger partial charge in [0.15, 0.2) is 0 Å². The number of aromatic nitrogens is 2. The molecule has 0 saturated carbocycles. The van der Waals surface area contributed by atoms with Crippen molar-refractivity contribution in [3.8, 4) is 0 Å². The summed E-state index contributed by atoms with van der Waals surface area (Å²) in [5.41, 5.74) is 9.67. The van der Waals surface area contributed by atoms with Crippen LogP contribution in [0.3, 0.4) is 0 Å². The minimum absolute atomic E-state index is 0.310. The first kappa shape index (κ1) is 9.65. The Morgan fingerprint density at radius 2 is 2.13 bits per heavy atom. The van der Waals surface area contributed by atoms with Gasteiger partial charge in [0.25, 0.3) is 0 Å². The maximum Gasteiger partial charge on any atom is 0.220 e. The van der Waals surface area contributed by atoms with Crippen molar-refractivity contribution in [2.24, 2.45) is 0 Å². The van der Waals surface area contributed by atoms with Crippen molar-refractivity contribution in [1.82, 2.24) is 9.97 Å². The Hall–Kier alpha value is -1.90. The molecule has 76 valence electrons. The van der Waals surface area contributed by atoms with Gasteiger partial charge in [0.05, 0.1) is 5.52 Å². The fourth-order valence-corrected chi connectivity index (χ4v) is 1.64. The lowest BCUT2D eigenvalue weighted by Crippen LogP contribution is -1.97. The SMILES string of the molecule is C=C(C)c1ccc(C)c2nc(N)ncc12. The fraction of sp³-hybridized carbons (Fsp3) is 0.167. The largest absolute Gasteiger partial charge is 0.368 e. The third-order valence-electron chi connectivity index (χ3n) is 2.43. The first-order chi connectivity index (χ1) is 7.09. The predicted molar refractivity (Wildman–Crippen MR) is 63.4 cm³/mol. The number of fused-ring (bicyclic) bond motifs is 1. The summed E-state index contributed by atoms with van der Waals surface area (Å²) >= 11 is 0. The Labute approximate surface area is 88.7 Å². The Kier molecular flexibility index (Phi) is 2.15. The van der Waals surface area contributed by atoms with Crippen LogP contribution in [0, 0.1) is 6.92 Å². The minimum atomic E-state index is 0.310. The van der Waals surface area contributed by atoms with Gasteiger partial charge < -0.3 is 5.73 Å².